The Morgan fingerprint density at radius 1 is 0.824 bits per heavy atom. The van der Waals surface area contributed by atoms with Crippen molar-refractivity contribution in [1.82, 2.24) is 0 Å². The summed E-state index contributed by atoms with van der Waals surface area (Å²) in [5, 5.41) is 0. The van der Waals surface area contributed by atoms with E-state index in [9.17, 15) is 0 Å². The maximum Gasteiger partial charge on any atom is 0.0831 e. The van der Waals surface area contributed by atoms with Crippen LogP contribution < -0.4 is 0 Å². The molecule has 0 aliphatic heterocycles. The van der Waals surface area contributed by atoms with E-state index in [2.05, 4.69) is 55.5 Å². The second kappa shape index (κ2) is 11.1. The van der Waals surface area contributed by atoms with Gasteiger partial charge in [-0.25, -0.2) is 0 Å². The van der Waals surface area contributed by atoms with Crippen molar-refractivity contribution in [3.8, 4) is 0 Å². The molecule has 0 saturated carbocycles. The first-order valence-corrected chi connectivity index (χ1v) is 7.68. The van der Waals surface area contributed by atoms with Gasteiger partial charge in [-0.15, -0.1) is 0 Å². The van der Waals surface area contributed by atoms with Crippen LogP contribution >= 0.6 is 0 Å². The van der Waals surface area contributed by atoms with E-state index in [-0.39, 0.29) is 0 Å². The normalized spacial score (nSPS) is 11.6. The molecule has 0 spiro atoms. The van der Waals surface area contributed by atoms with Crippen molar-refractivity contribution in [1.29, 1.82) is 0 Å². The fraction of sp³-hybridized carbons (Fsp3) is 1.00. The van der Waals surface area contributed by atoms with Crippen LogP contribution in [0.15, 0.2) is 0 Å². The molecule has 1 heteroatoms. The average molecular weight is 244 g/mol. The summed E-state index contributed by atoms with van der Waals surface area (Å²) in [4.78, 5) is 0. The van der Waals surface area contributed by atoms with Gasteiger partial charge in [-0.3, -0.25) is 0 Å². The van der Waals surface area contributed by atoms with Crippen LogP contribution in [0.4, 0.5) is 0 Å². The number of rotatable bonds is 7. The molecule has 106 valence electrons. The summed E-state index contributed by atoms with van der Waals surface area (Å²) in [6.07, 6.45) is 5.60. The molecule has 0 saturated heterocycles. The number of hydrogen-bond donors (Lipinski definition) is 0. The lowest BCUT2D eigenvalue weighted by Crippen LogP contribution is -2.49. The lowest BCUT2D eigenvalue weighted by atomic mass is 10.1. The van der Waals surface area contributed by atoms with Crippen LogP contribution in [-0.2, 0) is 0 Å². The fourth-order valence-corrected chi connectivity index (χ4v) is 1.76. The summed E-state index contributed by atoms with van der Waals surface area (Å²) in [5.74, 6) is 0.904. The molecule has 0 N–H and O–H groups in total. The predicted molar refractivity (Wildman–Crippen MR) is 81.4 cm³/mol. The average Bonchev–Trinajstić information content (AvgIpc) is 2.28. The highest BCUT2D eigenvalue weighted by molar-refractivity contribution is 4.44. The van der Waals surface area contributed by atoms with Crippen molar-refractivity contribution in [2.75, 3.05) is 20.1 Å². The molecule has 0 aromatic carbocycles. The minimum Gasteiger partial charge on any atom is -0.325 e. The molecular weight excluding hydrogens is 206 g/mol. The highest BCUT2D eigenvalue weighted by atomic mass is 15.3. The van der Waals surface area contributed by atoms with Crippen LogP contribution in [0, 0.1) is 5.92 Å². The highest BCUT2D eigenvalue weighted by Gasteiger charge is 2.19. The monoisotopic (exact) mass is 244 g/mol. The molecule has 0 heterocycles. The van der Waals surface area contributed by atoms with E-state index in [1.165, 1.54) is 43.3 Å². The van der Waals surface area contributed by atoms with Gasteiger partial charge in [0.2, 0.25) is 0 Å². The van der Waals surface area contributed by atoms with E-state index < -0.39 is 0 Å². The fourth-order valence-electron chi connectivity index (χ4n) is 1.76. The largest absolute Gasteiger partial charge is 0.325 e. The molecule has 0 atom stereocenters. The zero-order valence-electron chi connectivity index (χ0n) is 13.8. The molecule has 0 fully saturated rings. The van der Waals surface area contributed by atoms with Crippen LogP contribution in [0.25, 0.3) is 0 Å². The molecule has 0 unspecified atom stereocenters. The first kappa shape index (κ1) is 19.3. The molecule has 0 aliphatic carbocycles. The van der Waals surface area contributed by atoms with E-state index in [0.717, 1.165) is 12.0 Å². The molecule has 0 aromatic heterocycles. The van der Waals surface area contributed by atoms with Crippen molar-refractivity contribution in [3.05, 3.63) is 0 Å². The van der Waals surface area contributed by atoms with Gasteiger partial charge in [-0.2, -0.15) is 0 Å². The van der Waals surface area contributed by atoms with Gasteiger partial charge < -0.3 is 4.48 Å². The van der Waals surface area contributed by atoms with Gasteiger partial charge in [-0.1, -0.05) is 46.5 Å². The molecule has 17 heavy (non-hydrogen) atoms. The molecule has 0 rings (SSSR count). The molecule has 0 aliphatic rings. The maximum absolute atomic E-state index is 2.31. The third kappa shape index (κ3) is 10.8. The smallest absolute Gasteiger partial charge is 0.0831 e. The van der Waals surface area contributed by atoms with Gasteiger partial charge >= 0.3 is 0 Å². The van der Waals surface area contributed by atoms with E-state index >= 15 is 0 Å². The minimum atomic E-state index is 0.764. The first-order chi connectivity index (χ1) is 7.83. The van der Waals surface area contributed by atoms with Gasteiger partial charge in [-0.05, 0) is 33.6 Å². The SMILES string of the molecule is CCCCCC(C)C.CC[N+](C)(CC)C(C)C. The Hall–Kier alpha value is -0.0400. The second-order valence-corrected chi connectivity index (χ2v) is 6.10. The van der Waals surface area contributed by atoms with E-state index in [1.807, 2.05) is 0 Å². The Labute approximate surface area is 111 Å². The summed E-state index contributed by atoms with van der Waals surface area (Å²) >= 11 is 0. The molecule has 0 radical (unpaired) electrons. The summed E-state index contributed by atoms with van der Waals surface area (Å²) < 4.78 is 1.19. The van der Waals surface area contributed by atoms with E-state index in [1.54, 1.807) is 0 Å². The zero-order valence-corrected chi connectivity index (χ0v) is 13.8. The lowest BCUT2D eigenvalue weighted by Gasteiger charge is -2.36. The van der Waals surface area contributed by atoms with Crippen molar-refractivity contribution in [3.63, 3.8) is 0 Å². The Morgan fingerprint density at radius 2 is 1.29 bits per heavy atom. The summed E-state index contributed by atoms with van der Waals surface area (Å²) in [5.41, 5.74) is 0. The zero-order chi connectivity index (χ0) is 13.9. The number of quaternary nitrogens is 1. The van der Waals surface area contributed by atoms with Crippen molar-refractivity contribution < 1.29 is 4.48 Å². The Kier molecular flexibility index (Phi) is 12.6. The third-order valence-corrected chi connectivity index (χ3v) is 4.08. The van der Waals surface area contributed by atoms with Crippen LogP contribution in [0.1, 0.15) is 74.1 Å². The topological polar surface area (TPSA) is 0 Å². The second-order valence-electron chi connectivity index (χ2n) is 6.10. The van der Waals surface area contributed by atoms with Crippen LogP contribution in [0.3, 0.4) is 0 Å². The third-order valence-electron chi connectivity index (χ3n) is 4.08. The van der Waals surface area contributed by atoms with Crippen LogP contribution in [0.5, 0.6) is 0 Å². The Balaban J connectivity index is 0. The highest BCUT2D eigenvalue weighted by Crippen LogP contribution is 2.07. The van der Waals surface area contributed by atoms with Crippen LogP contribution in [-0.4, -0.2) is 30.7 Å². The van der Waals surface area contributed by atoms with E-state index in [0.29, 0.717) is 0 Å². The molecular formula is C16H38N+. The minimum absolute atomic E-state index is 0.764. The first-order valence-electron chi connectivity index (χ1n) is 7.68. The van der Waals surface area contributed by atoms with E-state index in [4.69, 9.17) is 0 Å². The van der Waals surface area contributed by atoms with Crippen LogP contribution in [0.2, 0.25) is 0 Å². The van der Waals surface area contributed by atoms with Gasteiger partial charge in [0.1, 0.15) is 0 Å². The summed E-state index contributed by atoms with van der Waals surface area (Å²) in [7, 11) is 2.31. The number of hydrogen-bond acceptors (Lipinski definition) is 0. The molecule has 0 amide bonds. The molecule has 0 aromatic rings. The number of unbranched alkanes of at least 4 members (excludes halogenated alkanes) is 2. The summed E-state index contributed by atoms with van der Waals surface area (Å²) in [6, 6.07) is 0.764. The quantitative estimate of drug-likeness (QED) is 0.431. The molecule has 0 bridgehead atoms. The number of nitrogens with zero attached hydrogens (tertiary/aromatic N) is 1. The van der Waals surface area contributed by atoms with Gasteiger partial charge in [0.15, 0.2) is 0 Å². The van der Waals surface area contributed by atoms with Gasteiger partial charge in [0.25, 0.3) is 0 Å². The van der Waals surface area contributed by atoms with Crippen molar-refractivity contribution in [2.24, 2.45) is 5.92 Å². The van der Waals surface area contributed by atoms with Gasteiger partial charge in [0, 0.05) is 0 Å². The standard InChI is InChI=1S/C8H20N.C8H18/c1-6-9(5,7-2)8(3)4;1-4-5-6-7-8(2)3/h8H,6-7H2,1-5H3;8H,4-7H2,1-3H3/q+1;. The maximum atomic E-state index is 2.31. The molecule has 1 nitrogen and oxygen atoms in total. The Morgan fingerprint density at radius 3 is 1.47 bits per heavy atom. The van der Waals surface area contributed by atoms with Crippen molar-refractivity contribution in [2.45, 2.75) is 80.2 Å². The van der Waals surface area contributed by atoms with Gasteiger partial charge in [0.05, 0.1) is 26.2 Å². The lowest BCUT2D eigenvalue weighted by molar-refractivity contribution is -0.926. The Bertz CT molecular complexity index is 146. The summed E-state index contributed by atoms with van der Waals surface area (Å²) in [6.45, 7) is 18.4. The van der Waals surface area contributed by atoms with Crippen molar-refractivity contribution >= 4 is 0 Å². The predicted octanol–water partition coefficient (Wildman–Crippen LogP) is 5.10.